The van der Waals surface area contributed by atoms with Crippen LogP contribution in [0.3, 0.4) is 0 Å². The minimum atomic E-state index is -1.18. The minimum Gasteiger partial charge on any atom is -0.480 e. The number of likely N-dealkylation sites (N-methyl/N-ethyl adjacent to an activating group) is 2. The molecule has 0 radical (unpaired) electrons. The fourth-order valence-corrected chi connectivity index (χ4v) is 2.33. The van der Waals surface area contributed by atoms with Crippen LogP contribution < -0.4 is 11.1 Å². The molecular formula is C18H26N4O5. The SMILES string of the molecule is CC(C(=O)NCC(=O)O)N(C)C(=O)CN(C)C(=O)C(N)Cc1ccccc1. The number of carbonyl (C=O) groups is 4. The highest BCUT2D eigenvalue weighted by molar-refractivity contribution is 5.91. The maximum absolute atomic E-state index is 12.4. The number of benzene rings is 1. The molecule has 0 saturated heterocycles. The molecule has 0 aliphatic heterocycles. The molecule has 0 bridgehead atoms. The van der Waals surface area contributed by atoms with E-state index in [0.717, 1.165) is 10.5 Å². The van der Waals surface area contributed by atoms with Crippen LogP contribution in [-0.4, -0.2) is 77.9 Å². The molecule has 0 aromatic heterocycles. The molecule has 148 valence electrons. The molecule has 2 atom stereocenters. The third kappa shape index (κ3) is 7.06. The Labute approximate surface area is 158 Å². The average Bonchev–Trinajstić information content (AvgIpc) is 2.64. The second-order valence-corrected chi connectivity index (χ2v) is 6.28. The lowest BCUT2D eigenvalue weighted by Crippen LogP contribution is -2.51. The van der Waals surface area contributed by atoms with E-state index in [2.05, 4.69) is 5.32 Å². The van der Waals surface area contributed by atoms with Crippen LogP contribution in [0.2, 0.25) is 0 Å². The van der Waals surface area contributed by atoms with E-state index in [-0.39, 0.29) is 12.5 Å². The zero-order valence-electron chi connectivity index (χ0n) is 15.7. The normalized spacial score (nSPS) is 12.6. The molecule has 27 heavy (non-hydrogen) atoms. The predicted molar refractivity (Wildman–Crippen MR) is 98.6 cm³/mol. The van der Waals surface area contributed by atoms with Crippen LogP contribution in [-0.2, 0) is 25.6 Å². The van der Waals surface area contributed by atoms with Gasteiger partial charge in [-0.15, -0.1) is 0 Å². The van der Waals surface area contributed by atoms with E-state index in [1.807, 2.05) is 30.3 Å². The molecule has 0 saturated carbocycles. The number of carboxylic acid groups (broad SMARTS) is 1. The van der Waals surface area contributed by atoms with Gasteiger partial charge in [0, 0.05) is 14.1 Å². The third-order valence-electron chi connectivity index (χ3n) is 4.13. The topological polar surface area (TPSA) is 133 Å². The van der Waals surface area contributed by atoms with Crippen molar-refractivity contribution in [2.45, 2.75) is 25.4 Å². The quantitative estimate of drug-likeness (QED) is 0.508. The molecule has 0 spiro atoms. The van der Waals surface area contributed by atoms with Gasteiger partial charge in [-0.25, -0.2) is 0 Å². The van der Waals surface area contributed by atoms with Gasteiger partial charge in [-0.1, -0.05) is 30.3 Å². The molecule has 1 aromatic carbocycles. The van der Waals surface area contributed by atoms with E-state index in [0.29, 0.717) is 6.42 Å². The molecule has 3 amide bonds. The molecule has 0 fully saturated rings. The molecular weight excluding hydrogens is 352 g/mol. The first-order chi connectivity index (χ1) is 12.6. The fourth-order valence-electron chi connectivity index (χ4n) is 2.33. The number of carbonyl (C=O) groups excluding carboxylic acids is 3. The van der Waals surface area contributed by atoms with E-state index < -0.39 is 36.4 Å². The van der Waals surface area contributed by atoms with Gasteiger partial charge in [-0.3, -0.25) is 19.2 Å². The van der Waals surface area contributed by atoms with Crippen molar-refractivity contribution in [3.63, 3.8) is 0 Å². The van der Waals surface area contributed by atoms with E-state index in [9.17, 15) is 19.2 Å². The lowest BCUT2D eigenvalue weighted by Gasteiger charge is -2.27. The molecule has 1 aromatic rings. The number of nitrogens with zero attached hydrogens (tertiary/aromatic N) is 2. The smallest absolute Gasteiger partial charge is 0.322 e. The number of nitrogens with two attached hydrogens (primary N) is 1. The molecule has 0 aliphatic rings. The van der Waals surface area contributed by atoms with E-state index in [4.69, 9.17) is 10.8 Å². The molecule has 0 heterocycles. The number of hydrogen-bond donors (Lipinski definition) is 3. The first-order valence-electron chi connectivity index (χ1n) is 8.43. The number of hydrogen-bond acceptors (Lipinski definition) is 5. The van der Waals surface area contributed by atoms with Crippen LogP contribution >= 0.6 is 0 Å². The van der Waals surface area contributed by atoms with Crippen molar-refractivity contribution >= 4 is 23.7 Å². The maximum atomic E-state index is 12.4. The van der Waals surface area contributed by atoms with Gasteiger partial charge in [0.1, 0.15) is 12.6 Å². The summed E-state index contributed by atoms with van der Waals surface area (Å²) < 4.78 is 0. The summed E-state index contributed by atoms with van der Waals surface area (Å²) in [4.78, 5) is 49.4. The molecule has 4 N–H and O–H groups in total. The zero-order chi connectivity index (χ0) is 20.6. The summed E-state index contributed by atoms with van der Waals surface area (Å²) in [5, 5.41) is 10.8. The second-order valence-electron chi connectivity index (χ2n) is 6.28. The summed E-state index contributed by atoms with van der Waals surface area (Å²) in [6.45, 7) is 0.699. The van der Waals surface area contributed by atoms with Gasteiger partial charge in [0.2, 0.25) is 17.7 Å². The Morgan fingerprint density at radius 1 is 1.15 bits per heavy atom. The number of rotatable bonds is 9. The van der Waals surface area contributed by atoms with Crippen molar-refractivity contribution in [2.75, 3.05) is 27.2 Å². The first-order valence-corrected chi connectivity index (χ1v) is 8.43. The standard InChI is InChI=1S/C18H26N4O5/c1-12(17(26)20-10-16(24)25)22(3)15(23)11-21(2)18(27)14(19)9-13-7-5-4-6-8-13/h4-8,12,14H,9-11,19H2,1-3H3,(H,20,26)(H,24,25). The molecule has 0 aliphatic carbocycles. The minimum absolute atomic E-state index is 0.242. The molecule has 9 nitrogen and oxygen atoms in total. The van der Waals surface area contributed by atoms with Crippen molar-refractivity contribution in [2.24, 2.45) is 5.73 Å². The van der Waals surface area contributed by atoms with E-state index in [1.165, 1.54) is 25.9 Å². The Hall–Kier alpha value is -2.94. The lowest BCUT2D eigenvalue weighted by molar-refractivity contribution is -0.143. The van der Waals surface area contributed by atoms with Crippen LogP contribution in [0.4, 0.5) is 0 Å². The molecule has 2 unspecified atom stereocenters. The van der Waals surface area contributed by atoms with Gasteiger partial charge in [-0.05, 0) is 18.9 Å². The van der Waals surface area contributed by atoms with E-state index in [1.54, 1.807) is 0 Å². The number of carboxylic acids is 1. The molecule has 9 heteroatoms. The van der Waals surface area contributed by atoms with Crippen molar-refractivity contribution in [3.05, 3.63) is 35.9 Å². The summed E-state index contributed by atoms with van der Waals surface area (Å²) in [6.07, 6.45) is 0.349. The van der Waals surface area contributed by atoms with Crippen LogP contribution in [0.1, 0.15) is 12.5 Å². The van der Waals surface area contributed by atoms with Crippen LogP contribution in [0.15, 0.2) is 30.3 Å². The van der Waals surface area contributed by atoms with E-state index >= 15 is 0 Å². The van der Waals surface area contributed by atoms with Crippen molar-refractivity contribution < 1.29 is 24.3 Å². The third-order valence-corrected chi connectivity index (χ3v) is 4.13. The Kier molecular flexibility index (Phi) is 8.40. The van der Waals surface area contributed by atoms with Crippen LogP contribution in [0.5, 0.6) is 0 Å². The van der Waals surface area contributed by atoms with Gasteiger partial charge in [0.15, 0.2) is 0 Å². The number of amides is 3. The maximum Gasteiger partial charge on any atom is 0.322 e. The highest BCUT2D eigenvalue weighted by atomic mass is 16.4. The summed E-state index contributed by atoms with van der Waals surface area (Å²) in [7, 11) is 2.88. The van der Waals surface area contributed by atoms with Gasteiger partial charge >= 0.3 is 5.97 Å². The van der Waals surface area contributed by atoms with Crippen molar-refractivity contribution in [1.29, 1.82) is 0 Å². The fraction of sp³-hybridized carbons (Fsp3) is 0.444. The summed E-state index contributed by atoms with van der Waals surface area (Å²) in [5.41, 5.74) is 6.86. The van der Waals surface area contributed by atoms with Gasteiger partial charge < -0.3 is 26.0 Å². The summed E-state index contributed by atoms with van der Waals surface area (Å²) in [6, 6.07) is 7.64. The predicted octanol–water partition coefficient (Wildman–Crippen LogP) is -0.937. The van der Waals surface area contributed by atoms with Crippen LogP contribution in [0, 0.1) is 0 Å². The Morgan fingerprint density at radius 3 is 2.30 bits per heavy atom. The first kappa shape index (κ1) is 22.1. The van der Waals surface area contributed by atoms with Gasteiger partial charge in [0.05, 0.1) is 12.6 Å². The number of nitrogens with one attached hydrogen (secondary N) is 1. The highest BCUT2D eigenvalue weighted by Gasteiger charge is 2.26. The van der Waals surface area contributed by atoms with Gasteiger partial charge in [-0.2, -0.15) is 0 Å². The van der Waals surface area contributed by atoms with Crippen molar-refractivity contribution in [1.82, 2.24) is 15.1 Å². The van der Waals surface area contributed by atoms with Gasteiger partial charge in [0.25, 0.3) is 0 Å². The monoisotopic (exact) mass is 378 g/mol. The summed E-state index contributed by atoms with van der Waals surface area (Å²) >= 11 is 0. The largest absolute Gasteiger partial charge is 0.480 e. The Balaban J connectivity index is 2.57. The molecule has 1 rings (SSSR count). The number of aliphatic carboxylic acids is 1. The second kappa shape index (κ2) is 10.3. The Morgan fingerprint density at radius 2 is 1.74 bits per heavy atom. The lowest BCUT2D eigenvalue weighted by atomic mass is 10.1. The average molecular weight is 378 g/mol. The van der Waals surface area contributed by atoms with Crippen molar-refractivity contribution in [3.8, 4) is 0 Å². The summed E-state index contributed by atoms with van der Waals surface area (Å²) in [5.74, 6) is -2.62. The Bertz CT molecular complexity index is 680. The van der Waals surface area contributed by atoms with Crippen LogP contribution in [0.25, 0.3) is 0 Å². The zero-order valence-corrected chi connectivity index (χ0v) is 15.7. The highest BCUT2D eigenvalue weighted by Crippen LogP contribution is 2.05.